The minimum Gasteiger partial charge on any atom is -0.493 e. The van der Waals surface area contributed by atoms with Crippen LogP contribution < -0.4 is 9.47 Å². The van der Waals surface area contributed by atoms with E-state index in [4.69, 9.17) is 14.2 Å². The Kier molecular flexibility index (Phi) is 6.42. The Balaban J connectivity index is 1.60. The van der Waals surface area contributed by atoms with Crippen molar-refractivity contribution in [3.05, 3.63) is 58.7 Å². The van der Waals surface area contributed by atoms with Crippen LogP contribution in [0.15, 0.2) is 36.4 Å². The van der Waals surface area contributed by atoms with Crippen LogP contribution in [0.3, 0.4) is 0 Å². The first-order chi connectivity index (χ1) is 13.9. The summed E-state index contributed by atoms with van der Waals surface area (Å²) in [6.07, 6.45) is 0.714. The van der Waals surface area contributed by atoms with Crippen molar-refractivity contribution in [3.8, 4) is 11.5 Å². The molecule has 6 heteroatoms. The van der Waals surface area contributed by atoms with Gasteiger partial charge in [-0.2, -0.15) is 0 Å². The van der Waals surface area contributed by atoms with E-state index in [2.05, 4.69) is 13.8 Å². The second kappa shape index (κ2) is 8.99. The fourth-order valence-electron chi connectivity index (χ4n) is 3.40. The zero-order valence-electron chi connectivity index (χ0n) is 17.4. The van der Waals surface area contributed by atoms with Crippen LogP contribution in [0.25, 0.3) is 0 Å². The summed E-state index contributed by atoms with van der Waals surface area (Å²) in [5, 5.41) is 0. The minimum absolute atomic E-state index is 0.211. The molecule has 0 bridgehead atoms. The first-order valence-corrected chi connectivity index (χ1v) is 9.71. The lowest BCUT2D eigenvalue weighted by Crippen LogP contribution is -2.38. The molecular formula is C23H27NO5. The van der Waals surface area contributed by atoms with E-state index in [1.807, 2.05) is 24.3 Å². The lowest BCUT2D eigenvalue weighted by molar-refractivity contribution is -0.135. The summed E-state index contributed by atoms with van der Waals surface area (Å²) in [7, 11) is 3.19. The number of carbonyl (C=O) groups excluding carboxylic acids is 2. The Bertz CT molecular complexity index is 889. The standard InChI is InChI=1S/C23H27NO5/c1-15(2)16-5-7-17(8-6-16)23(26)29-14-22(25)24-10-9-18-11-20(27-3)21(28-4)12-19(18)13-24/h5-8,11-12,15H,9-10,13-14H2,1-4H3. The molecule has 0 unspecified atom stereocenters. The smallest absolute Gasteiger partial charge is 0.338 e. The molecule has 29 heavy (non-hydrogen) atoms. The van der Waals surface area contributed by atoms with Crippen molar-refractivity contribution in [1.29, 1.82) is 0 Å². The molecule has 1 aliphatic rings. The molecule has 0 aliphatic carbocycles. The first-order valence-electron chi connectivity index (χ1n) is 9.71. The second-order valence-corrected chi connectivity index (χ2v) is 7.39. The van der Waals surface area contributed by atoms with Crippen molar-refractivity contribution >= 4 is 11.9 Å². The molecule has 0 saturated heterocycles. The highest BCUT2D eigenvalue weighted by atomic mass is 16.5. The third kappa shape index (κ3) is 4.70. The van der Waals surface area contributed by atoms with Crippen LogP contribution in [0.4, 0.5) is 0 Å². The van der Waals surface area contributed by atoms with E-state index in [0.717, 1.165) is 16.7 Å². The van der Waals surface area contributed by atoms with Gasteiger partial charge in [0.1, 0.15) is 0 Å². The third-order valence-electron chi connectivity index (χ3n) is 5.21. The zero-order chi connectivity index (χ0) is 21.0. The van der Waals surface area contributed by atoms with Crippen molar-refractivity contribution in [1.82, 2.24) is 4.90 Å². The van der Waals surface area contributed by atoms with Crippen LogP contribution in [-0.2, 0) is 22.5 Å². The predicted molar refractivity (Wildman–Crippen MR) is 109 cm³/mol. The summed E-state index contributed by atoms with van der Waals surface area (Å²) in [4.78, 5) is 26.5. The molecule has 2 aromatic carbocycles. The minimum atomic E-state index is -0.488. The van der Waals surface area contributed by atoms with Crippen molar-refractivity contribution in [2.24, 2.45) is 0 Å². The van der Waals surface area contributed by atoms with Gasteiger partial charge in [0.2, 0.25) is 0 Å². The SMILES string of the molecule is COc1cc2c(cc1OC)CN(C(=O)COC(=O)c1ccc(C(C)C)cc1)CC2. The van der Waals surface area contributed by atoms with E-state index in [-0.39, 0.29) is 12.5 Å². The summed E-state index contributed by atoms with van der Waals surface area (Å²) in [5.41, 5.74) is 3.74. The van der Waals surface area contributed by atoms with E-state index in [1.54, 1.807) is 31.3 Å². The largest absolute Gasteiger partial charge is 0.493 e. The van der Waals surface area contributed by atoms with Crippen LogP contribution in [0, 0.1) is 0 Å². The molecule has 2 aromatic rings. The molecule has 0 saturated carbocycles. The normalized spacial score (nSPS) is 13.1. The van der Waals surface area contributed by atoms with Gasteiger partial charge in [0, 0.05) is 13.1 Å². The van der Waals surface area contributed by atoms with Crippen LogP contribution in [0.2, 0.25) is 0 Å². The molecule has 1 heterocycles. The van der Waals surface area contributed by atoms with E-state index >= 15 is 0 Å². The average molecular weight is 397 g/mol. The van der Waals surface area contributed by atoms with Crippen LogP contribution in [0.5, 0.6) is 11.5 Å². The van der Waals surface area contributed by atoms with E-state index < -0.39 is 5.97 Å². The Morgan fingerprint density at radius 3 is 2.21 bits per heavy atom. The predicted octanol–water partition coefficient (Wildman–Crippen LogP) is 3.57. The molecule has 1 aliphatic heterocycles. The van der Waals surface area contributed by atoms with E-state index in [0.29, 0.717) is 42.5 Å². The van der Waals surface area contributed by atoms with Crippen LogP contribution in [-0.4, -0.2) is 44.1 Å². The van der Waals surface area contributed by atoms with Gasteiger partial charge in [-0.3, -0.25) is 4.79 Å². The van der Waals surface area contributed by atoms with Gasteiger partial charge in [-0.05, 0) is 53.3 Å². The summed E-state index contributed by atoms with van der Waals surface area (Å²) in [6, 6.07) is 11.1. The van der Waals surface area contributed by atoms with E-state index in [9.17, 15) is 9.59 Å². The molecule has 0 atom stereocenters. The fraction of sp³-hybridized carbons (Fsp3) is 0.391. The van der Waals surface area contributed by atoms with Gasteiger partial charge in [0.15, 0.2) is 18.1 Å². The highest BCUT2D eigenvalue weighted by Crippen LogP contribution is 2.33. The van der Waals surface area contributed by atoms with Gasteiger partial charge in [-0.25, -0.2) is 4.79 Å². The number of benzene rings is 2. The van der Waals surface area contributed by atoms with Crippen molar-refractivity contribution in [2.75, 3.05) is 27.4 Å². The Morgan fingerprint density at radius 2 is 1.62 bits per heavy atom. The molecule has 154 valence electrons. The second-order valence-electron chi connectivity index (χ2n) is 7.39. The number of rotatable bonds is 6. The van der Waals surface area contributed by atoms with Gasteiger partial charge in [-0.15, -0.1) is 0 Å². The topological polar surface area (TPSA) is 65.1 Å². The molecular weight excluding hydrogens is 370 g/mol. The number of ether oxygens (including phenoxy) is 3. The molecule has 0 spiro atoms. The molecule has 0 aromatic heterocycles. The Morgan fingerprint density at radius 1 is 1.00 bits per heavy atom. The average Bonchev–Trinajstić information content (AvgIpc) is 2.75. The molecule has 0 N–H and O–H groups in total. The van der Waals surface area contributed by atoms with Gasteiger partial charge in [0.05, 0.1) is 19.8 Å². The summed E-state index contributed by atoms with van der Waals surface area (Å²) >= 11 is 0. The van der Waals surface area contributed by atoms with Gasteiger partial charge >= 0.3 is 5.97 Å². The monoisotopic (exact) mass is 397 g/mol. The highest BCUT2D eigenvalue weighted by molar-refractivity contribution is 5.91. The summed E-state index contributed by atoms with van der Waals surface area (Å²) in [6.45, 7) is 4.94. The van der Waals surface area contributed by atoms with Crippen molar-refractivity contribution in [2.45, 2.75) is 32.7 Å². The number of amides is 1. The Labute approximate surface area is 171 Å². The highest BCUT2D eigenvalue weighted by Gasteiger charge is 2.23. The molecule has 6 nitrogen and oxygen atoms in total. The number of fused-ring (bicyclic) bond motifs is 1. The lowest BCUT2D eigenvalue weighted by Gasteiger charge is -2.29. The summed E-state index contributed by atoms with van der Waals surface area (Å²) in [5.74, 6) is 1.01. The molecule has 0 fully saturated rings. The van der Waals surface area contributed by atoms with Crippen LogP contribution >= 0.6 is 0 Å². The summed E-state index contributed by atoms with van der Waals surface area (Å²) < 4.78 is 15.9. The molecule has 0 radical (unpaired) electrons. The third-order valence-corrected chi connectivity index (χ3v) is 5.21. The number of hydrogen-bond acceptors (Lipinski definition) is 5. The first kappa shape index (κ1) is 20.7. The quantitative estimate of drug-likeness (QED) is 0.698. The molecule has 3 rings (SSSR count). The Hall–Kier alpha value is -3.02. The van der Waals surface area contributed by atoms with E-state index in [1.165, 1.54) is 0 Å². The van der Waals surface area contributed by atoms with Crippen molar-refractivity contribution < 1.29 is 23.8 Å². The lowest BCUT2D eigenvalue weighted by atomic mass is 9.99. The number of hydrogen-bond donors (Lipinski definition) is 0. The molecule has 1 amide bonds. The number of methoxy groups -OCH3 is 2. The maximum Gasteiger partial charge on any atom is 0.338 e. The maximum atomic E-state index is 12.6. The fourth-order valence-corrected chi connectivity index (χ4v) is 3.40. The van der Waals surface area contributed by atoms with Gasteiger partial charge in [0.25, 0.3) is 5.91 Å². The number of nitrogens with zero attached hydrogens (tertiary/aromatic N) is 1. The number of carbonyl (C=O) groups is 2. The van der Waals surface area contributed by atoms with Crippen LogP contribution in [0.1, 0.15) is 46.8 Å². The zero-order valence-corrected chi connectivity index (χ0v) is 17.4. The number of esters is 1. The maximum absolute atomic E-state index is 12.6. The van der Waals surface area contributed by atoms with Gasteiger partial charge in [-0.1, -0.05) is 26.0 Å². The van der Waals surface area contributed by atoms with Crippen molar-refractivity contribution in [3.63, 3.8) is 0 Å². The van der Waals surface area contributed by atoms with Gasteiger partial charge < -0.3 is 19.1 Å².